The van der Waals surface area contributed by atoms with Gasteiger partial charge in [-0.3, -0.25) is 0 Å². The van der Waals surface area contributed by atoms with E-state index in [9.17, 15) is 5.11 Å². The fraction of sp³-hybridized carbons (Fsp3) is 0.150. The lowest BCUT2D eigenvalue weighted by Gasteiger charge is -2.10. The number of hydrogen-bond donors (Lipinski definition) is 2. The van der Waals surface area contributed by atoms with Crippen LogP contribution in [0.25, 0.3) is 16.7 Å². The summed E-state index contributed by atoms with van der Waals surface area (Å²) in [6.07, 6.45) is 3.43. The van der Waals surface area contributed by atoms with E-state index < -0.39 is 0 Å². The highest BCUT2D eigenvalue weighted by Crippen LogP contribution is 2.30. The van der Waals surface area contributed by atoms with E-state index in [1.54, 1.807) is 42.4 Å². The summed E-state index contributed by atoms with van der Waals surface area (Å²) in [5, 5.41) is 18.3. The molecule has 8 nitrogen and oxygen atoms in total. The molecule has 4 aromatic rings. The number of ether oxygens (including phenoxy) is 2. The van der Waals surface area contributed by atoms with E-state index in [4.69, 9.17) is 9.47 Å². The molecule has 0 atom stereocenters. The third-order valence-electron chi connectivity index (χ3n) is 4.38. The Morgan fingerprint density at radius 2 is 1.89 bits per heavy atom. The Labute approximate surface area is 161 Å². The molecule has 0 aliphatic heterocycles. The molecule has 0 unspecified atom stereocenters. The topological polar surface area (TPSA) is 94.3 Å². The van der Waals surface area contributed by atoms with E-state index in [1.165, 1.54) is 7.11 Å². The molecule has 4 rings (SSSR count). The summed E-state index contributed by atoms with van der Waals surface area (Å²) >= 11 is 0. The molecule has 2 N–H and O–H groups in total. The van der Waals surface area contributed by atoms with Gasteiger partial charge in [0.1, 0.15) is 5.75 Å². The molecule has 8 heteroatoms. The van der Waals surface area contributed by atoms with Crippen LogP contribution in [0.15, 0.2) is 48.8 Å². The number of fused-ring (bicyclic) bond motifs is 1. The van der Waals surface area contributed by atoms with E-state index in [0.717, 1.165) is 22.4 Å². The van der Waals surface area contributed by atoms with Crippen molar-refractivity contribution in [1.82, 2.24) is 19.7 Å². The van der Waals surface area contributed by atoms with Gasteiger partial charge in [-0.15, -0.1) is 0 Å². The van der Waals surface area contributed by atoms with Crippen LogP contribution in [-0.4, -0.2) is 39.1 Å². The number of aryl methyl sites for hydroxylation is 1. The summed E-state index contributed by atoms with van der Waals surface area (Å²) in [6.45, 7) is 1.99. The predicted octanol–water partition coefficient (Wildman–Crippen LogP) is 3.59. The van der Waals surface area contributed by atoms with Gasteiger partial charge in [0, 0.05) is 18.0 Å². The summed E-state index contributed by atoms with van der Waals surface area (Å²) in [7, 11) is 3.14. The maximum Gasteiger partial charge on any atom is 0.229 e. The summed E-state index contributed by atoms with van der Waals surface area (Å²) in [6, 6.07) is 10.8. The van der Waals surface area contributed by atoms with Crippen molar-refractivity contribution in [2.75, 3.05) is 19.5 Å². The molecule has 0 saturated heterocycles. The van der Waals surface area contributed by atoms with Gasteiger partial charge >= 0.3 is 0 Å². The number of nitrogens with one attached hydrogen (secondary N) is 1. The minimum absolute atomic E-state index is 0.0347. The van der Waals surface area contributed by atoms with E-state index in [-0.39, 0.29) is 5.75 Å². The van der Waals surface area contributed by atoms with Crippen LogP contribution in [-0.2, 0) is 0 Å². The second-order valence-electron chi connectivity index (χ2n) is 6.19. The summed E-state index contributed by atoms with van der Waals surface area (Å²) in [5.74, 6) is 1.61. The molecular weight excluding hydrogens is 358 g/mol. The van der Waals surface area contributed by atoms with Crippen molar-refractivity contribution in [2.24, 2.45) is 0 Å². The lowest BCUT2D eigenvalue weighted by atomic mass is 10.2. The molecule has 0 fully saturated rings. The zero-order valence-electron chi connectivity index (χ0n) is 15.7. The molecule has 28 heavy (non-hydrogen) atoms. The molecule has 0 aliphatic carbocycles. The van der Waals surface area contributed by atoms with Gasteiger partial charge < -0.3 is 19.9 Å². The SMILES string of the molecule is COc1ccc(-n2ncc3cnc(Nc4ccc(OC)c(O)c4)nc32)c(C)c1. The molecule has 2 aromatic heterocycles. The maximum absolute atomic E-state index is 9.94. The normalized spacial score (nSPS) is 10.8. The van der Waals surface area contributed by atoms with E-state index in [2.05, 4.69) is 20.4 Å². The van der Waals surface area contributed by atoms with Crippen LogP contribution in [0, 0.1) is 6.92 Å². The number of benzene rings is 2. The Hall–Kier alpha value is -3.81. The number of anilines is 2. The Bertz CT molecular complexity index is 1160. The quantitative estimate of drug-likeness (QED) is 0.549. The number of hydrogen-bond acceptors (Lipinski definition) is 7. The molecule has 0 bridgehead atoms. The van der Waals surface area contributed by atoms with Gasteiger partial charge in [-0.1, -0.05) is 0 Å². The molecule has 0 saturated carbocycles. The second kappa shape index (κ2) is 7.07. The fourth-order valence-electron chi connectivity index (χ4n) is 2.94. The van der Waals surface area contributed by atoms with E-state index in [0.29, 0.717) is 23.0 Å². The fourth-order valence-corrected chi connectivity index (χ4v) is 2.94. The molecular formula is C20H19N5O3. The minimum atomic E-state index is 0.0347. The second-order valence-corrected chi connectivity index (χ2v) is 6.19. The largest absolute Gasteiger partial charge is 0.504 e. The van der Waals surface area contributed by atoms with Crippen LogP contribution >= 0.6 is 0 Å². The van der Waals surface area contributed by atoms with Crippen molar-refractivity contribution in [3.8, 4) is 22.9 Å². The highest BCUT2D eigenvalue weighted by molar-refractivity contribution is 5.77. The van der Waals surface area contributed by atoms with Crippen molar-refractivity contribution in [3.63, 3.8) is 0 Å². The van der Waals surface area contributed by atoms with Crippen LogP contribution in [0.3, 0.4) is 0 Å². The van der Waals surface area contributed by atoms with Gasteiger partial charge in [-0.2, -0.15) is 10.1 Å². The number of aromatic nitrogens is 4. The average molecular weight is 377 g/mol. The number of phenols is 1. The first-order valence-electron chi connectivity index (χ1n) is 8.59. The van der Waals surface area contributed by atoms with Crippen LogP contribution in [0.5, 0.6) is 17.2 Å². The molecule has 0 amide bonds. The monoisotopic (exact) mass is 377 g/mol. The molecule has 0 aliphatic rings. The Kier molecular flexibility index (Phi) is 4.44. The molecule has 2 heterocycles. The zero-order chi connectivity index (χ0) is 19.7. The Balaban J connectivity index is 1.71. The molecule has 2 aromatic carbocycles. The van der Waals surface area contributed by atoms with Crippen molar-refractivity contribution in [2.45, 2.75) is 6.92 Å². The Morgan fingerprint density at radius 3 is 2.61 bits per heavy atom. The first kappa shape index (κ1) is 17.6. The minimum Gasteiger partial charge on any atom is -0.504 e. The van der Waals surface area contributed by atoms with Crippen LogP contribution < -0.4 is 14.8 Å². The van der Waals surface area contributed by atoms with Crippen molar-refractivity contribution in [3.05, 3.63) is 54.4 Å². The van der Waals surface area contributed by atoms with E-state index >= 15 is 0 Å². The van der Waals surface area contributed by atoms with Crippen molar-refractivity contribution >= 4 is 22.7 Å². The van der Waals surface area contributed by atoms with Crippen LogP contribution in [0.2, 0.25) is 0 Å². The highest BCUT2D eigenvalue weighted by Gasteiger charge is 2.12. The van der Waals surface area contributed by atoms with Gasteiger partial charge in [-0.05, 0) is 42.8 Å². The first-order valence-corrected chi connectivity index (χ1v) is 8.59. The number of rotatable bonds is 5. The molecule has 0 spiro atoms. The number of aromatic hydroxyl groups is 1. The first-order chi connectivity index (χ1) is 13.6. The average Bonchev–Trinajstić information content (AvgIpc) is 3.11. The van der Waals surface area contributed by atoms with Gasteiger partial charge in [0.25, 0.3) is 0 Å². The van der Waals surface area contributed by atoms with Gasteiger partial charge in [0.2, 0.25) is 5.95 Å². The molecule has 142 valence electrons. The number of nitrogens with zero attached hydrogens (tertiary/aromatic N) is 4. The number of methoxy groups -OCH3 is 2. The maximum atomic E-state index is 9.94. The third-order valence-corrected chi connectivity index (χ3v) is 4.38. The third kappa shape index (κ3) is 3.16. The summed E-state index contributed by atoms with van der Waals surface area (Å²) in [4.78, 5) is 8.92. The van der Waals surface area contributed by atoms with Crippen molar-refractivity contribution in [1.29, 1.82) is 0 Å². The van der Waals surface area contributed by atoms with Gasteiger partial charge in [0.05, 0.1) is 31.5 Å². The van der Waals surface area contributed by atoms with Gasteiger partial charge in [-0.25, -0.2) is 9.67 Å². The summed E-state index contributed by atoms with van der Waals surface area (Å²) in [5.41, 5.74) is 3.23. The zero-order valence-corrected chi connectivity index (χ0v) is 15.7. The highest BCUT2D eigenvalue weighted by atomic mass is 16.5. The number of phenolic OH excluding ortho intramolecular Hbond substituents is 1. The summed E-state index contributed by atoms with van der Waals surface area (Å²) < 4.78 is 12.1. The van der Waals surface area contributed by atoms with Crippen molar-refractivity contribution < 1.29 is 14.6 Å². The lowest BCUT2D eigenvalue weighted by molar-refractivity contribution is 0.373. The van der Waals surface area contributed by atoms with Crippen LogP contribution in [0.4, 0.5) is 11.6 Å². The standard InChI is InChI=1S/C20H19N5O3/c1-12-8-15(27-2)5-6-16(12)25-19-13(11-22-25)10-21-20(24-19)23-14-4-7-18(28-3)17(26)9-14/h4-11,26H,1-3H3,(H,21,23,24). The van der Waals surface area contributed by atoms with E-state index in [1.807, 2.05) is 25.1 Å². The van der Waals surface area contributed by atoms with Gasteiger partial charge in [0.15, 0.2) is 17.1 Å². The Morgan fingerprint density at radius 1 is 1.04 bits per heavy atom. The van der Waals surface area contributed by atoms with Crippen LogP contribution in [0.1, 0.15) is 5.56 Å². The lowest BCUT2D eigenvalue weighted by Crippen LogP contribution is -2.03. The smallest absolute Gasteiger partial charge is 0.229 e. The predicted molar refractivity (Wildman–Crippen MR) is 106 cm³/mol. The molecule has 0 radical (unpaired) electrons.